The van der Waals surface area contributed by atoms with Gasteiger partial charge in [0.05, 0.1) is 12.8 Å². The van der Waals surface area contributed by atoms with Gasteiger partial charge in [0.15, 0.2) is 0 Å². The molecule has 0 N–H and O–H groups in total. The molecule has 0 aliphatic carbocycles. The summed E-state index contributed by atoms with van der Waals surface area (Å²) in [6, 6.07) is 12.7. The van der Waals surface area contributed by atoms with Gasteiger partial charge in [-0.05, 0) is 37.1 Å². The number of unbranched alkanes of at least 4 members (excludes halogenated alkanes) is 1. The zero-order valence-electron chi connectivity index (χ0n) is 14.7. The maximum absolute atomic E-state index is 5.50. The van der Waals surface area contributed by atoms with Crippen LogP contribution in [0, 0.1) is 0 Å². The number of hydrogen-bond donors (Lipinski definition) is 0. The first-order valence-electron chi connectivity index (χ1n) is 8.89. The molecule has 24 heavy (non-hydrogen) atoms. The van der Waals surface area contributed by atoms with Gasteiger partial charge in [-0.15, -0.1) is 0 Å². The Kier molecular flexibility index (Phi) is 5.57. The largest absolute Gasteiger partial charge is 0.495 e. The second-order valence-corrected chi connectivity index (χ2v) is 6.25. The van der Waals surface area contributed by atoms with Crippen molar-refractivity contribution in [1.29, 1.82) is 0 Å². The van der Waals surface area contributed by atoms with Gasteiger partial charge < -0.3 is 14.5 Å². The van der Waals surface area contributed by atoms with Gasteiger partial charge in [-0.2, -0.15) is 0 Å². The maximum Gasteiger partial charge on any atom is 0.142 e. The normalized spacial score (nSPS) is 14.8. The van der Waals surface area contributed by atoms with E-state index in [0.717, 1.165) is 38.3 Å². The molecular weight excluding hydrogens is 298 g/mol. The number of anilines is 2. The minimum atomic E-state index is 0.955. The number of benzene rings is 1. The summed E-state index contributed by atoms with van der Waals surface area (Å²) in [4.78, 5) is 9.38. The van der Waals surface area contributed by atoms with Crippen molar-refractivity contribution in [2.45, 2.75) is 26.2 Å². The summed E-state index contributed by atoms with van der Waals surface area (Å²) < 4.78 is 5.50. The molecule has 0 atom stereocenters. The molecule has 1 aliphatic heterocycles. The van der Waals surface area contributed by atoms with Crippen LogP contribution >= 0.6 is 0 Å². The lowest BCUT2D eigenvalue weighted by atomic mass is 10.1. The molecule has 1 fully saturated rings. The van der Waals surface area contributed by atoms with Crippen molar-refractivity contribution in [3.05, 3.63) is 48.3 Å². The Bertz CT molecular complexity index is 651. The highest BCUT2D eigenvalue weighted by Gasteiger charge is 2.19. The smallest absolute Gasteiger partial charge is 0.142 e. The Morgan fingerprint density at radius 1 is 1.04 bits per heavy atom. The van der Waals surface area contributed by atoms with Crippen molar-refractivity contribution in [2.24, 2.45) is 0 Å². The lowest BCUT2D eigenvalue weighted by Gasteiger charge is -2.37. The zero-order valence-corrected chi connectivity index (χ0v) is 14.7. The molecule has 1 aliphatic rings. The molecule has 4 heteroatoms. The highest BCUT2D eigenvalue weighted by Crippen LogP contribution is 2.29. The molecule has 0 radical (unpaired) electrons. The Labute approximate surface area is 145 Å². The molecule has 1 aromatic carbocycles. The van der Waals surface area contributed by atoms with Gasteiger partial charge >= 0.3 is 0 Å². The lowest BCUT2D eigenvalue weighted by molar-refractivity contribution is 0.413. The highest BCUT2D eigenvalue weighted by molar-refractivity contribution is 5.60. The van der Waals surface area contributed by atoms with Gasteiger partial charge in [0.25, 0.3) is 0 Å². The van der Waals surface area contributed by atoms with E-state index in [2.05, 4.69) is 46.0 Å². The Morgan fingerprint density at radius 2 is 1.79 bits per heavy atom. The number of piperazine rings is 1. The molecule has 2 aromatic rings. The average molecular weight is 325 g/mol. The number of aromatic nitrogens is 1. The first-order valence-corrected chi connectivity index (χ1v) is 8.89. The molecule has 0 bridgehead atoms. The molecule has 3 rings (SSSR count). The van der Waals surface area contributed by atoms with Crippen LogP contribution in [0.1, 0.15) is 25.5 Å². The lowest BCUT2D eigenvalue weighted by Crippen LogP contribution is -2.46. The first-order chi connectivity index (χ1) is 11.8. The summed E-state index contributed by atoms with van der Waals surface area (Å²) in [5.74, 6) is 0.955. The third-order valence-corrected chi connectivity index (χ3v) is 4.66. The number of rotatable bonds is 6. The molecule has 1 aromatic heterocycles. The minimum absolute atomic E-state index is 0.955. The van der Waals surface area contributed by atoms with Crippen LogP contribution in [0.25, 0.3) is 0 Å². The van der Waals surface area contributed by atoms with E-state index in [1.165, 1.54) is 29.9 Å². The monoisotopic (exact) mass is 325 g/mol. The van der Waals surface area contributed by atoms with Gasteiger partial charge in [-0.3, -0.25) is 4.98 Å². The summed E-state index contributed by atoms with van der Waals surface area (Å²) in [6.45, 7) is 6.28. The fourth-order valence-corrected chi connectivity index (χ4v) is 3.25. The Morgan fingerprint density at radius 3 is 2.54 bits per heavy atom. The van der Waals surface area contributed by atoms with E-state index in [9.17, 15) is 0 Å². The van der Waals surface area contributed by atoms with Crippen LogP contribution in [0.4, 0.5) is 11.4 Å². The number of aryl methyl sites for hydroxylation is 1. The highest BCUT2D eigenvalue weighted by atomic mass is 16.5. The van der Waals surface area contributed by atoms with E-state index in [1.54, 1.807) is 7.11 Å². The molecule has 2 heterocycles. The molecule has 4 nitrogen and oxygen atoms in total. The van der Waals surface area contributed by atoms with Gasteiger partial charge in [-0.1, -0.05) is 25.5 Å². The number of ether oxygens (including phenoxy) is 1. The third-order valence-electron chi connectivity index (χ3n) is 4.66. The van der Waals surface area contributed by atoms with Gasteiger partial charge in [0.2, 0.25) is 0 Å². The van der Waals surface area contributed by atoms with E-state index < -0.39 is 0 Å². The van der Waals surface area contributed by atoms with Gasteiger partial charge in [0.1, 0.15) is 5.75 Å². The van der Waals surface area contributed by atoms with E-state index >= 15 is 0 Å². The van der Waals surface area contributed by atoms with E-state index in [0.29, 0.717) is 0 Å². The standard InChI is InChI=1S/C20H27N3O/c1-3-4-7-17-16-18(10-11-21-17)22-12-14-23(15-13-22)19-8-5-6-9-20(19)24-2/h5-6,8-11,16H,3-4,7,12-15H2,1-2H3. The fourth-order valence-electron chi connectivity index (χ4n) is 3.25. The van der Waals surface area contributed by atoms with Gasteiger partial charge in [-0.25, -0.2) is 0 Å². The summed E-state index contributed by atoms with van der Waals surface area (Å²) in [7, 11) is 1.74. The minimum Gasteiger partial charge on any atom is -0.495 e. The van der Waals surface area contributed by atoms with Crippen LogP contribution in [0.2, 0.25) is 0 Å². The molecule has 0 spiro atoms. The van der Waals surface area contributed by atoms with Crippen LogP contribution < -0.4 is 14.5 Å². The summed E-state index contributed by atoms with van der Waals surface area (Å²) in [5, 5.41) is 0. The van der Waals surface area contributed by atoms with Crippen molar-refractivity contribution < 1.29 is 4.74 Å². The van der Waals surface area contributed by atoms with Crippen LogP contribution in [-0.4, -0.2) is 38.3 Å². The van der Waals surface area contributed by atoms with Crippen molar-refractivity contribution in [2.75, 3.05) is 43.1 Å². The number of nitrogens with zero attached hydrogens (tertiary/aromatic N) is 3. The second-order valence-electron chi connectivity index (χ2n) is 6.25. The number of methoxy groups -OCH3 is 1. The molecule has 1 saturated heterocycles. The van der Waals surface area contributed by atoms with Crippen LogP contribution in [0.3, 0.4) is 0 Å². The van der Waals surface area contributed by atoms with Crippen molar-refractivity contribution >= 4 is 11.4 Å². The van der Waals surface area contributed by atoms with Crippen molar-refractivity contribution in [3.63, 3.8) is 0 Å². The van der Waals surface area contributed by atoms with Crippen molar-refractivity contribution in [1.82, 2.24) is 4.98 Å². The number of hydrogen-bond acceptors (Lipinski definition) is 4. The quantitative estimate of drug-likeness (QED) is 0.808. The molecule has 0 saturated carbocycles. The van der Waals surface area contributed by atoms with Crippen LogP contribution in [0.15, 0.2) is 42.6 Å². The molecule has 128 valence electrons. The predicted molar refractivity (Wildman–Crippen MR) is 100 cm³/mol. The Balaban J connectivity index is 1.65. The summed E-state index contributed by atoms with van der Waals surface area (Å²) in [6.07, 6.45) is 5.44. The molecular formula is C20H27N3O. The number of para-hydroxylation sites is 2. The van der Waals surface area contributed by atoms with E-state index in [4.69, 9.17) is 4.74 Å². The summed E-state index contributed by atoms with van der Waals surface area (Å²) in [5.41, 5.74) is 3.70. The maximum atomic E-state index is 5.50. The average Bonchev–Trinajstić information content (AvgIpc) is 2.66. The van der Waals surface area contributed by atoms with Crippen LogP contribution in [0.5, 0.6) is 5.75 Å². The topological polar surface area (TPSA) is 28.6 Å². The predicted octanol–water partition coefficient (Wildman–Crippen LogP) is 3.76. The first kappa shape index (κ1) is 16.6. The number of pyridine rings is 1. The Hall–Kier alpha value is -2.23. The SMILES string of the molecule is CCCCc1cc(N2CCN(c3ccccc3OC)CC2)ccn1. The summed E-state index contributed by atoms with van der Waals surface area (Å²) >= 11 is 0. The molecule has 0 unspecified atom stereocenters. The zero-order chi connectivity index (χ0) is 16.8. The third kappa shape index (κ3) is 3.81. The van der Waals surface area contributed by atoms with E-state index in [-0.39, 0.29) is 0 Å². The molecule has 0 amide bonds. The van der Waals surface area contributed by atoms with E-state index in [1.807, 2.05) is 18.3 Å². The second kappa shape index (κ2) is 8.04. The van der Waals surface area contributed by atoms with Crippen LogP contribution in [-0.2, 0) is 6.42 Å². The van der Waals surface area contributed by atoms with Gasteiger partial charge in [0, 0.05) is 43.8 Å². The van der Waals surface area contributed by atoms with Crippen molar-refractivity contribution in [3.8, 4) is 5.75 Å². The fraction of sp³-hybridized carbons (Fsp3) is 0.450.